The zero-order valence-corrected chi connectivity index (χ0v) is 13.8. The number of hydrogen-bond donors (Lipinski definition) is 2. The van der Waals surface area contributed by atoms with Crippen LogP contribution < -0.4 is 10.5 Å². The molecule has 4 heteroatoms. The van der Waals surface area contributed by atoms with Crippen LogP contribution in [0.3, 0.4) is 0 Å². The van der Waals surface area contributed by atoms with E-state index in [-0.39, 0.29) is 5.92 Å². The number of aliphatic hydroxyl groups excluding tert-OH is 1. The third-order valence-electron chi connectivity index (χ3n) is 3.62. The highest BCUT2D eigenvalue weighted by Gasteiger charge is 2.22. The monoisotopic (exact) mass is 349 g/mol. The van der Waals surface area contributed by atoms with Crippen molar-refractivity contribution in [2.45, 2.75) is 18.9 Å². The van der Waals surface area contributed by atoms with Crippen molar-refractivity contribution in [2.24, 2.45) is 5.73 Å². The van der Waals surface area contributed by atoms with Gasteiger partial charge in [-0.05, 0) is 46.1 Å². The molecule has 0 aliphatic heterocycles. The van der Waals surface area contributed by atoms with Gasteiger partial charge in [0.15, 0.2) is 0 Å². The van der Waals surface area contributed by atoms with E-state index in [9.17, 15) is 5.11 Å². The van der Waals surface area contributed by atoms with E-state index in [2.05, 4.69) is 22.0 Å². The van der Waals surface area contributed by atoms with Crippen LogP contribution in [-0.2, 0) is 0 Å². The summed E-state index contributed by atoms with van der Waals surface area (Å²) in [5, 5.41) is 10.7. The van der Waals surface area contributed by atoms with Gasteiger partial charge in [-0.25, -0.2) is 0 Å². The molecule has 0 amide bonds. The maximum absolute atomic E-state index is 10.7. The molecule has 0 saturated heterocycles. The first-order valence-electron chi connectivity index (χ1n) is 6.85. The summed E-state index contributed by atoms with van der Waals surface area (Å²) in [4.78, 5) is 0. The van der Waals surface area contributed by atoms with Gasteiger partial charge in [-0.3, -0.25) is 0 Å². The van der Waals surface area contributed by atoms with E-state index in [1.54, 1.807) is 7.11 Å². The van der Waals surface area contributed by atoms with Gasteiger partial charge in [-0.1, -0.05) is 35.9 Å². The van der Waals surface area contributed by atoms with Gasteiger partial charge < -0.3 is 15.6 Å². The molecular formula is C17H20BrNO2. The summed E-state index contributed by atoms with van der Waals surface area (Å²) in [6.45, 7) is 2.42. The molecule has 112 valence electrons. The smallest absolute Gasteiger partial charge is 0.133 e. The van der Waals surface area contributed by atoms with E-state index < -0.39 is 6.10 Å². The van der Waals surface area contributed by atoms with Gasteiger partial charge >= 0.3 is 0 Å². The Morgan fingerprint density at radius 3 is 2.52 bits per heavy atom. The van der Waals surface area contributed by atoms with E-state index in [0.717, 1.165) is 26.9 Å². The van der Waals surface area contributed by atoms with Crippen LogP contribution in [0.5, 0.6) is 5.75 Å². The van der Waals surface area contributed by atoms with Crippen LogP contribution in [0.1, 0.15) is 28.7 Å². The molecule has 0 spiro atoms. The lowest BCUT2D eigenvalue weighted by atomic mass is 9.88. The molecule has 0 aliphatic rings. The van der Waals surface area contributed by atoms with Crippen molar-refractivity contribution in [1.82, 2.24) is 0 Å². The summed E-state index contributed by atoms with van der Waals surface area (Å²) >= 11 is 3.45. The molecule has 3 nitrogen and oxygen atoms in total. The van der Waals surface area contributed by atoms with E-state index in [4.69, 9.17) is 10.5 Å². The van der Waals surface area contributed by atoms with Crippen LogP contribution in [0, 0.1) is 6.92 Å². The molecule has 3 N–H and O–H groups in total. The molecule has 2 unspecified atom stereocenters. The first-order chi connectivity index (χ1) is 10.1. The summed E-state index contributed by atoms with van der Waals surface area (Å²) < 4.78 is 6.03. The van der Waals surface area contributed by atoms with Crippen LogP contribution in [0.25, 0.3) is 0 Å². The Labute approximate surface area is 133 Å². The molecule has 0 aromatic heterocycles. The fourth-order valence-electron chi connectivity index (χ4n) is 2.45. The minimum Gasteiger partial charge on any atom is -0.496 e. The number of ether oxygens (including phenoxy) is 1. The average molecular weight is 350 g/mol. The number of rotatable bonds is 5. The number of aliphatic hydroxyl groups is 1. The quantitative estimate of drug-likeness (QED) is 0.867. The predicted octanol–water partition coefficient (Wildman–Crippen LogP) is 3.54. The second kappa shape index (κ2) is 7.07. The minimum absolute atomic E-state index is 0.134. The molecule has 0 saturated carbocycles. The van der Waals surface area contributed by atoms with Crippen molar-refractivity contribution < 1.29 is 9.84 Å². The highest BCUT2D eigenvalue weighted by Crippen LogP contribution is 2.34. The zero-order chi connectivity index (χ0) is 15.4. The summed E-state index contributed by atoms with van der Waals surface area (Å²) in [7, 11) is 1.62. The van der Waals surface area contributed by atoms with Crippen molar-refractivity contribution in [2.75, 3.05) is 13.7 Å². The third kappa shape index (κ3) is 3.64. The molecule has 2 rings (SSSR count). The molecule has 2 aromatic rings. The summed E-state index contributed by atoms with van der Waals surface area (Å²) in [6, 6.07) is 13.7. The molecule has 0 heterocycles. The fourth-order valence-corrected chi connectivity index (χ4v) is 3.01. The number of nitrogens with two attached hydrogens (primary N) is 1. The van der Waals surface area contributed by atoms with E-state index in [1.807, 2.05) is 43.3 Å². The van der Waals surface area contributed by atoms with Crippen LogP contribution >= 0.6 is 15.9 Å². The average Bonchev–Trinajstić information content (AvgIpc) is 2.48. The Balaban J connectivity index is 2.32. The molecule has 21 heavy (non-hydrogen) atoms. The van der Waals surface area contributed by atoms with Crippen LogP contribution in [-0.4, -0.2) is 18.8 Å². The Morgan fingerprint density at radius 2 is 1.95 bits per heavy atom. The Hall–Kier alpha value is -1.36. The molecule has 2 atom stereocenters. The second-order valence-corrected chi connectivity index (χ2v) is 5.95. The first-order valence-corrected chi connectivity index (χ1v) is 7.64. The van der Waals surface area contributed by atoms with Crippen LogP contribution in [0.2, 0.25) is 0 Å². The summed E-state index contributed by atoms with van der Waals surface area (Å²) in [5.41, 5.74) is 8.92. The Kier molecular flexibility index (Phi) is 5.39. The van der Waals surface area contributed by atoms with Crippen LogP contribution in [0.15, 0.2) is 46.9 Å². The third-order valence-corrected chi connectivity index (χ3v) is 4.24. The van der Waals surface area contributed by atoms with Gasteiger partial charge in [0.25, 0.3) is 0 Å². The number of benzene rings is 2. The minimum atomic E-state index is -0.654. The number of halogens is 1. The highest BCUT2D eigenvalue weighted by molar-refractivity contribution is 9.10. The topological polar surface area (TPSA) is 55.5 Å². The van der Waals surface area contributed by atoms with Crippen LogP contribution in [0.4, 0.5) is 0 Å². The maximum atomic E-state index is 10.7. The van der Waals surface area contributed by atoms with Gasteiger partial charge in [-0.15, -0.1) is 0 Å². The molecule has 0 bridgehead atoms. The van der Waals surface area contributed by atoms with E-state index in [1.165, 1.54) is 0 Å². The molecular weight excluding hydrogens is 330 g/mol. The van der Waals surface area contributed by atoms with Gasteiger partial charge in [0.2, 0.25) is 0 Å². The predicted molar refractivity (Wildman–Crippen MR) is 88.6 cm³/mol. The van der Waals surface area contributed by atoms with E-state index in [0.29, 0.717) is 6.54 Å². The molecule has 0 aliphatic carbocycles. The fraction of sp³-hybridized carbons (Fsp3) is 0.294. The molecule has 0 radical (unpaired) electrons. The van der Waals surface area contributed by atoms with Gasteiger partial charge in [0.05, 0.1) is 17.7 Å². The molecule has 0 fully saturated rings. The maximum Gasteiger partial charge on any atom is 0.133 e. The lowest BCUT2D eigenvalue weighted by Gasteiger charge is -2.23. The van der Waals surface area contributed by atoms with Crippen molar-refractivity contribution in [3.63, 3.8) is 0 Å². The lowest BCUT2D eigenvalue weighted by Crippen LogP contribution is -2.20. The summed E-state index contributed by atoms with van der Waals surface area (Å²) in [5.74, 6) is 0.607. The number of aryl methyl sites for hydroxylation is 1. The number of methoxy groups -OCH3 is 1. The molecule has 2 aromatic carbocycles. The van der Waals surface area contributed by atoms with E-state index >= 15 is 0 Å². The first kappa shape index (κ1) is 16.0. The Morgan fingerprint density at radius 1 is 1.19 bits per heavy atom. The second-order valence-electron chi connectivity index (χ2n) is 5.10. The largest absolute Gasteiger partial charge is 0.496 e. The normalized spacial score (nSPS) is 13.8. The standard InChI is InChI=1S/C17H20BrNO2/c1-11-4-3-5-12(8-11)14(10-19)17(20)13-6-7-16(21-2)15(18)9-13/h3-9,14,17,20H,10,19H2,1-2H3. The van der Waals surface area contributed by atoms with Crippen molar-refractivity contribution in [1.29, 1.82) is 0 Å². The number of hydrogen-bond acceptors (Lipinski definition) is 3. The van der Waals surface area contributed by atoms with Crippen molar-refractivity contribution in [3.8, 4) is 5.75 Å². The SMILES string of the molecule is COc1ccc(C(O)C(CN)c2cccc(C)c2)cc1Br. The highest BCUT2D eigenvalue weighted by atomic mass is 79.9. The van der Waals surface area contributed by atoms with Crippen molar-refractivity contribution in [3.05, 3.63) is 63.6 Å². The van der Waals surface area contributed by atoms with Gasteiger partial charge in [-0.2, -0.15) is 0 Å². The zero-order valence-electron chi connectivity index (χ0n) is 12.2. The van der Waals surface area contributed by atoms with Gasteiger partial charge in [0, 0.05) is 12.5 Å². The van der Waals surface area contributed by atoms with Crippen molar-refractivity contribution >= 4 is 15.9 Å². The summed E-state index contributed by atoms with van der Waals surface area (Å²) in [6.07, 6.45) is -0.654. The Bertz CT molecular complexity index is 615. The van der Waals surface area contributed by atoms with Gasteiger partial charge in [0.1, 0.15) is 5.75 Å². The lowest BCUT2D eigenvalue weighted by molar-refractivity contribution is 0.147.